The summed E-state index contributed by atoms with van der Waals surface area (Å²) in [5, 5.41) is 34.3. The molecular weight excluding hydrogens is 1590 g/mol. The van der Waals surface area contributed by atoms with Crippen molar-refractivity contribution in [1.82, 2.24) is 19.2 Å². The monoisotopic (exact) mass is 1710 g/mol. The van der Waals surface area contributed by atoms with Crippen molar-refractivity contribution < 1.29 is 67.4 Å². The van der Waals surface area contributed by atoms with Gasteiger partial charge < -0.3 is 20.4 Å². The van der Waals surface area contributed by atoms with Crippen LogP contribution in [0, 0.1) is 26.0 Å². The quantitative estimate of drug-likeness (QED) is 0.0431. The van der Waals surface area contributed by atoms with Gasteiger partial charge in [-0.3, -0.25) is 0 Å². The molecule has 536 valence electrons. The molecule has 6 atom stereocenters. The van der Waals surface area contributed by atoms with Gasteiger partial charge in [0.1, 0.15) is 0 Å². The van der Waals surface area contributed by atoms with Crippen LogP contribution in [0.3, 0.4) is 0 Å². The van der Waals surface area contributed by atoms with Gasteiger partial charge in [0.05, 0.1) is 24.4 Å². The van der Waals surface area contributed by atoms with E-state index in [1.54, 1.807) is 41.5 Å². The van der Waals surface area contributed by atoms with Gasteiger partial charge in [0.15, 0.2) is 0 Å². The minimum atomic E-state index is -2.28. The van der Waals surface area contributed by atoms with Gasteiger partial charge in [0, 0.05) is 0 Å². The Balaban J connectivity index is 0.000000251. The van der Waals surface area contributed by atoms with Crippen LogP contribution in [0.15, 0.2) is 194 Å². The van der Waals surface area contributed by atoms with Crippen LogP contribution >= 0.6 is 0 Å². The van der Waals surface area contributed by atoms with Crippen molar-refractivity contribution in [3.63, 3.8) is 0 Å². The van der Waals surface area contributed by atoms with Crippen molar-refractivity contribution in [3.8, 4) is 0 Å². The Morgan fingerprint density at radius 1 is 0.360 bits per heavy atom. The van der Waals surface area contributed by atoms with Crippen molar-refractivity contribution >= 4 is 58.5 Å². The first kappa shape index (κ1) is 72.4. The van der Waals surface area contributed by atoms with E-state index >= 15 is 0 Å². The summed E-state index contributed by atoms with van der Waals surface area (Å²) in [5.74, 6) is 0. The number of rotatable bonds is 20. The summed E-state index contributed by atoms with van der Waals surface area (Å²) < 4.78 is 53.1. The Labute approximate surface area is 634 Å². The zero-order valence-electron chi connectivity index (χ0n) is 68.5. The fourth-order valence-corrected chi connectivity index (χ4v) is 15.4. The summed E-state index contributed by atoms with van der Waals surface area (Å²) in [6.07, 6.45) is -0.556. The van der Waals surface area contributed by atoms with Crippen molar-refractivity contribution in [1.29, 1.82) is 0 Å². The predicted molar refractivity (Wildman–Crippen MR) is 421 cm³/mol. The van der Waals surface area contributed by atoms with Gasteiger partial charge in [0.25, 0.3) is 0 Å². The second-order valence-electron chi connectivity index (χ2n) is 29.3. The van der Waals surface area contributed by atoms with E-state index in [9.17, 15) is 0 Å². The van der Waals surface area contributed by atoms with Crippen LogP contribution in [0.4, 0.5) is 22.7 Å². The molecule has 0 saturated carbocycles. The predicted octanol–water partition coefficient (Wildman–Crippen LogP) is 13.4. The molecule has 100 heavy (non-hydrogen) atoms. The average molecular weight is 1710 g/mol. The summed E-state index contributed by atoms with van der Waals surface area (Å²) in [7, 11) is 16.9. The van der Waals surface area contributed by atoms with Crippen molar-refractivity contribution in [2.45, 2.75) is 156 Å². The number of anilines is 4. The van der Waals surface area contributed by atoms with Crippen LogP contribution in [-0.4, -0.2) is 156 Å². The van der Waals surface area contributed by atoms with E-state index < -0.39 is 24.5 Å². The van der Waals surface area contributed by atoms with Gasteiger partial charge in [0.2, 0.25) is 0 Å². The number of aliphatic hydroxyl groups is 4. The molecule has 2 saturated heterocycles. The molecule has 0 radical (unpaired) electrons. The van der Waals surface area contributed by atoms with Crippen LogP contribution in [0.2, 0.25) is 0 Å². The second-order valence-corrected chi connectivity index (χ2v) is 31.4. The molecule has 8 aromatic rings. The number of hydrogen-bond donors (Lipinski definition) is 4. The first-order valence-corrected chi connectivity index (χ1v) is 36.7. The van der Waals surface area contributed by atoms with Crippen LogP contribution in [0.25, 0.3) is 0 Å². The van der Waals surface area contributed by atoms with Gasteiger partial charge in [-0.15, -0.1) is 0 Å². The third-order valence-electron chi connectivity index (χ3n) is 19.1. The molecule has 12 nitrogen and oxygen atoms in total. The summed E-state index contributed by atoms with van der Waals surface area (Å²) in [4.78, 5) is 18.3. The van der Waals surface area contributed by atoms with Gasteiger partial charge >= 0.3 is 553 Å². The van der Waals surface area contributed by atoms with E-state index in [0.717, 1.165) is 36.5 Å². The summed E-state index contributed by atoms with van der Waals surface area (Å²) in [6.45, 7) is 19.1. The van der Waals surface area contributed by atoms with E-state index in [4.69, 9.17) is 28.7 Å². The zero-order valence-corrected chi connectivity index (χ0v) is 67.1. The first-order valence-electron chi connectivity index (χ1n) is 37.5. The van der Waals surface area contributed by atoms with Crippen LogP contribution in [0.1, 0.15) is 160 Å². The molecule has 0 aliphatic carbocycles. The first-order chi connectivity index (χ1) is 49.4. The van der Waals surface area contributed by atoms with E-state index in [1.165, 1.54) is 39.1 Å². The molecule has 2 aliphatic rings. The molecule has 4 N–H and O–H groups in total. The van der Waals surface area contributed by atoms with Crippen LogP contribution in [0.5, 0.6) is 0 Å². The fourth-order valence-electron chi connectivity index (χ4n) is 13.1. The Kier molecular flexibility index (Phi) is 25.3. The van der Waals surface area contributed by atoms with Gasteiger partial charge in [-0.25, -0.2) is 0 Å². The molecule has 6 unspecified atom stereocenters. The Hall–Kier alpha value is -5.98. The summed E-state index contributed by atoms with van der Waals surface area (Å²) >= 11 is 4.86. The molecule has 0 bridgehead atoms. The van der Waals surface area contributed by atoms with E-state index in [2.05, 4.69) is 250 Å². The maximum absolute atomic E-state index is 8.56. The maximum atomic E-state index is 8.56. The summed E-state index contributed by atoms with van der Waals surface area (Å²) in [6, 6.07) is 73.1. The molecule has 18 heteroatoms. The molecule has 0 spiro atoms. The third kappa shape index (κ3) is 19.4. The Bertz CT molecular complexity index is 3840. The SMILES string of the molecule is CC(O)CC(C)O.CC(O)CC(C)O.Cc1ccc(C(C)(C)c2c[c-]c(N3B(N(C)C)B(N(C)C)N(c4ccc(C(C)(C)c5ccc(C)cc5)cc4)[C]3=[Pt])cc2)cc1.[2H]C([2H])([2H])C(C)(c1c[c-]c(N2B(N(C)C)B(N(C)C)N(c3ccc(C(C)(c4ccccc4)C([2H])([2H])[2H])cc3)[C]2=[Pt])cc1)c1ccccc1. The van der Waals surface area contributed by atoms with Crippen molar-refractivity contribution in [2.75, 3.05) is 75.6 Å². The standard InChI is InChI=1S/C37H45B2N4.C35H41B2N4.2C5H12O2.2Pt/c1-28-11-15-30(16-12-28)36(3,4)32-19-23-34(24-20-32)42-27-43(39(41(9)10)38(42)40(7)8)35-25-21-33(22-26-35)37(5,6)31-17-13-29(2)14-18-31;1-34(2,28-15-11-9-12-16-28)30-19-23-32(24-20-30)40-27-41(37(39(7)8)36(40)38(5)6)33-25-21-31(22-26-33)35(3,4)29-17-13-10-14-18-29;2*1-4(6)3-5(2)7;;/h11-25H,1-10H3;9-25H,1-8H3;2*4-7H,3H2,1-2H3;;/q2*-1;;;;/i;1D3,3D3;;;;. The van der Waals surface area contributed by atoms with Gasteiger partial charge in [-0.1, -0.05) is 0 Å². The Morgan fingerprint density at radius 3 is 0.860 bits per heavy atom. The molecule has 0 aromatic heterocycles. The number of benzene rings is 8. The second kappa shape index (κ2) is 35.0. The minimum absolute atomic E-state index is 0.0868. The molecule has 10 rings (SSSR count). The van der Waals surface area contributed by atoms with Gasteiger partial charge in [-0.05, 0) is 40.5 Å². The Morgan fingerprint density at radius 2 is 0.600 bits per heavy atom. The molecule has 0 amide bonds. The molecule has 8 aromatic carbocycles. The van der Waals surface area contributed by atoms with Crippen molar-refractivity contribution in [2.24, 2.45) is 0 Å². The van der Waals surface area contributed by atoms with E-state index in [1.807, 2.05) is 131 Å². The average Bonchev–Trinajstić information content (AvgIpc) is 1.30. The van der Waals surface area contributed by atoms with Crippen LogP contribution in [-0.2, 0) is 60.4 Å². The zero-order chi connectivity index (χ0) is 78.9. The topological polar surface area (TPSA) is 107 Å². The molecular formula is C82H110B4N8O4Pt2-2. The van der Waals surface area contributed by atoms with Crippen LogP contribution < -0.4 is 19.2 Å². The number of hydrogen-bond acceptors (Lipinski definition) is 12. The molecule has 2 heterocycles. The van der Waals surface area contributed by atoms with Crippen molar-refractivity contribution in [3.05, 3.63) is 262 Å². The van der Waals surface area contributed by atoms with E-state index in [0.29, 0.717) is 24.0 Å². The molecule has 2 fully saturated rings. The van der Waals surface area contributed by atoms with E-state index in [-0.39, 0.29) is 62.7 Å². The molecule has 2 aliphatic heterocycles. The fraction of sp³-hybridized carbons (Fsp3) is 0.390. The number of aryl methyl sites for hydroxylation is 2. The normalized spacial score (nSPS) is 17.2. The third-order valence-corrected chi connectivity index (χ3v) is 21.2. The van der Waals surface area contributed by atoms with Gasteiger partial charge in [-0.2, -0.15) is 0 Å². The number of aliphatic hydroxyl groups excluding tert-OH is 4. The number of nitrogens with zero attached hydrogens (tertiary/aromatic N) is 8. The summed E-state index contributed by atoms with van der Waals surface area (Å²) in [5.41, 5.74) is 12.0.